The van der Waals surface area contributed by atoms with Gasteiger partial charge in [-0.05, 0) is 49.2 Å². The zero-order chi connectivity index (χ0) is 23.3. The topological polar surface area (TPSA) is 87.7 Å². The minimum absolute atomic E-state index is 0.262. The molecular weight excluding hydrogens is 474 g/mol. The number of rotatable bonds is 7. The second-order valence-electron chi connectivity index (χ2n) is 7.47. The molecule has 0 saturated carbocycles. The Morgan fingerprint density at radius 2 is 1.94 bits per heavy atom. The highest BCUT2D eigenvalue weighted by Gasteiger charge is 2.36. The second kappa shape index (κ2) is 10.5. The van der Waals surface area contributed by atoms with Crippen LogP contribution in [0.4, 0.5) is 10.5 Å². The molecule has 0 aromatic heterocycles. The molecule has 0 bridgehead atoms. The number of benzene rings is 2. The van der Waals surface area contributed by atoms with Crippen LogP contribution in [-0.2, 0) is 9.53 Å². The van der Waals surface area contributed by atoms with Crippen molar-refractivity contribution in [1.82, 2.24) is 10.2 Å². The first kappa shape index (κ1) is 23.5. The highest BCUT2D eigenvalue weighted by atomic mass is 79.9. The number of allylic oxidation sites excluding steroid dienone is 1. The van der Waals surface area contributed by atoms with E-state index in [1.54, 1.807) is 54.3 Å². The standard InChI is InChI=1S/C24H26BrN3O4/c1-4-5-12-28-15(2)20(23(30)32-3)21(27-24(28)31)16-8-7-11-19(14-16)26-22(29)17-9-6-10-18(25)13-17/h6-11,13-14,21H,4-5,12H2,1-3H3,(H,26,29)(H,27,31). The summed E-state index contributed by atoms with van der Waals surface area (Å²) in [7, 11) is 1.32. The normalized spacial score (nSPS) is 15.9. The quantitative estimate of drug-likeness (QED) is 0.523. The molecule has 7 nitrogen and oxygen atoms in total. The van der Waals surface area contributed by atoms with Gasteiger partial charge in [0.1, 0.15) is 0 Å². The van der Waals surface area contributed by atoms with E-state index >= 15 is 0 Å². The molecule has 0 saturated heterocycles. The molecule has 32 heavy (non-hydrogen) atoms. The zero-order valence-electron chi connectivity index (χ0n) is 18.3. The van der Waals surface area contributed by atoms with Crippen LogP contribution >= 0.6 is 15.9 Å². The number of unbranched alkanes of at least 4 members (excludes halogenated alkanes) is 1. The van der Waals surface area contributed by atoms with Gasteiger partial charge < -0.3 is 15.4 Å². The lowest BCUT2D eigenvalue weighted by atomic mass is 9.94. The average molecular weight is 500 g/mol. The second-order valence-corrected chi connectivity index (χ2v) is 8.38. The van der Waals surface area contributed by atoms with Crippen LogP contribution in [0.15, 0.2) is 64.3 Å². The molecule has 1 heterocycles. The predicted molar refractivity (Wildman–Crippen MR) is 126 cm³/mol. The van der Waals surface area contributed by atoms with Gasteiger partial charge in [0.05, 0.1) is 18.7 Å². The Morgan fingerprint density at radius 1 is 1.19 bits per heavy atom. The number of ether oxygens (including phenoxy) is 1. The number of esters is 1. The van der Waals surface area contributed by atoms with Gasteiger partial charge in [-0.25, -0.2) is 9.59 Å². The fourth-order valence-electron chi connectivity index (χ4n) is 3.62. The highest BCUT2D eigenvalue weighted by molar-refractivity contribution is 9.10. The summed E-state index contributed by atoms with van der Waals surface area (Å²) in [6.45, 7) is 4.31. The number of urea groups is 1. The van der Waals surface area contributed by atoms with Crippen LogP contribution < -0.4 is 10.6 Å². The molecule has 1 atom stereocenters. The lowest BCUT2D eigenvalue weighted by Crippen LogP contribution is -2.48. The Bertz CT molecular complexity index is 1070. The SMILES string of the molecule is CCCCN1C(=O)NC(c2cccc(NC(=O)c3cccc(Br)c3)c2)C(C(=O)OC)=C1C. The van der Waals surface area contributed by atoms with Crippen molar-refractivity contribution in [2.24, 2.45) is 0 Å². The highest BCUT2D eigenvalue weighted by Crippen LogP contribution is 2.32. The number of methoxy groups -OCH3 is 1. The number of nitrogens with one attached hydrogen (secondary N) is 2. The molecule has 168 valence electrons. The number of halogens is 1. The number of nitrogens with zero attached hydrogens (tertiary/aromatic N) is 1. The molecule has 0 aliphatic carbocycles. The fourth-order valence-corrected chi connectivity index (χ4v) is 4.02. The van der Waals surface area contributed by atoms with Crippen molar-refractivity contribution in [3.05, 3.63) is 75.4 Å². The average Bonchev–Trinajstić information content (AvgIpc) is 2.78. The third-order valence-corrected chi connectivity index (χ3v) is 5.79. The first-order chi connectivity index (χ1) is 15.3. The summed E-state index contributed by atoms with van der Waals surface area (Å²) in [6.07, 6.45) is 1.74. The van der Waals surface area contributed by atoms with Crippen LogP contribution in [0.25, 0.3) is 0 Å². The van der Waals surface area contributed by atoms with Crippen LogP contribution in [0.5, 0.6) is 0 Å². The van der Waals surface area contributed by atoms with Crippen molar-refractivity contribution in [3.63, 3.8) is 0 Å². The minimum atomic E-state index is -0.685. The van der Waals surface area contributed by atoms with E-state index in [9.17, 15) is 14.4 Å². The molecule has 3 amide bonds. The van der Waals surface area contributed by atoms with Crippen molar-refractivity contribution >= 4 is 39.5 Å². The van der Waals surface area contributed by atoms with Gasteiger partial charge >= 0.3 is 12.0 Å². The fraction of sp³-hybridized carbons (Fsp3) is 0.292. The van der Waals surface area contributed by atoms with E-state index in [1.807, 2.05) is 13.0 Å². The molecule has 1 aliphatic rings. The van der Waals surface area contributed by atoms with Gasteiger partial charge in [0.15, 0.2) is 0 Å². The Balaban J connectivity index is 1.92. The van der Waals surface area contributed by atoms with E-state index in [0.29, 0.717) is 34.6 Å². The number of hydrogen-bond donors (Lipinski definition) is 2. The summed E-state index contributed by atoms with van der Waals surface area (Å²) in [5.74, 6) is -0.764. The number of amides is 3. The number of hydrogen-bond acceptors (Lipinski definition) is 4. The molecule has 3 rings (SSSR count). The van der Waals surface area contributed by atoms with E-state index in [4.69, 9.17) is 4.74 Å². The summed E-state index contributed by atoms with van der Waals surface area (Å²) in [4.78, 5) is 39.6. The van der Waals surface area contributed by atoms with Crippen LogP contribution in [0, 0.1) is 0 Å². The van der Waals surface area contributed by atoms with Crippen LogP contribution in [0.3, 0.4) is 0 Å². The van der Waals surface area contributed by atoms with Gasteiger partial charge in [-0.1, -0.05) is 47.5 Å². The summed E-state index contributed by atoms with van der Waals surface area (Å²) < 4.78 is 5.82. The number of carbonyl (C=O) groups excluding carboxylic acids is 3. The molecule has 1 aliphatic heterocycles. The van der Waals surface area contributed by atoms with Crippen LogP contribution in [-0.4, -0.2) is 36.5 Å². The summed E-state index contributed by atoms with van der Waals surface area (Å²) >= 11 is 3.37. The maximum Gasteiger partial charge on any atom is 0.337 e. The van der Waals surface area contributed by atoms with E-state index in [1.165, 1.54) is 7.11 Å². The summed E-state index contributed by atoms with van der Waals surface area (Å²) in [5, 5.41) is 5.78. The predicted octanol–water partition coefficient (Wildman–Crippen LogP) is 5.01. The number of anilines is 1. The molecule has 2 aromatic carbocycles. The Kier molecular flexibility index (Phi) is 7.69. The van der Waals surface area contributed by atoms with E-state index in [-0.39, 0.29) is 11.9 Å². The van der Waals surface area contributed by atoms with Gasteiger partial charge in [-0.2, -0.15) is 0 Å². The maximum absolute atomic E-state index is 12.8. The Hall–Kier alpha value is -3.13. The lowest BCUT2D eigenvalue weighted by molar-refractivity contribution is -0.136. The molecule has 2 N–H and O–H groups in total. The van der Waals surface area contributed by atoms with E-state index in [0.717, 1.165) is 17.3 Å². The Labute approximate surface area is 195 Å². The molecule has 0 spiro atoms. The zero-order valence-corrected chi connectivity index (χ0v) is 19.9. The molecule has 0 fully saturated rings. The van der Waals surface area contributed by atoms with Crippen LogP contribution in [0.1, 0.15) is 48.7 Å². The molecular formula is C24H26BrN3O4. The van der Waals surface area contributed by atoms with Crippen molar-refractivity contribution in [1.29, 1.82) is 0 Å². The van der Waals surface area contributed by atoms with E-state index in [2.05, 4.69) is 26.6 Å². The van der Waals surface area contributed by atoms with Crippen molar-refractivity contribution in [2.75, 3.05) is 19.0 Å². The summed E-state index contributed by atoms with van der Waals surface area (Å²) in [6, 6.07) is 13.2. The van der Waals surface area contributed by atoms with Crippen molar-refractivity contribution in [2.45, 2.75) is 32.7 Å². The van der Waals surface area contributed by atoms with Gasteiger partial charge in [-0.3, -0.25) is 9.69 Å². The maximum atomic E-state index is 12.8. The van der Waals surface area contributed by atoms with Gasteiger partial charge in [0.25, 0.3) is 5.91 Å². The number of carbonyl (C=O) groups is 3. The molecule has 1 unspecified atom stereocenters. The largest absolute Gasteiger partial charge is 0.466 e. The smallest absolute Gasteiger partial charge is 0.337 e. The lowest BCUT2D eigenvalue weighted by Gasteiger charge is -2.35. The van der Waals surface area contributed by atoms with E-state index < -0.39 is 12.0 Å². The van der Waals surface area contributed by atoms with Gasteiger partial charge in [-0.15, -0.1) is 0 Å². The van der Waals surface area contributed by atoms with Crippen molar-refractivity contribution < 1.29 is 19.1 Å². The Morgan fingerprint density at radius 3 is 2.62 bits per heavy atom. The van der Waals surface area contributed by atoms with Crippen LogP contribution in [0.2, 0.25) is 0 Å². The molecule has 0 radical (unpaired) electrons. The molecule has 8 heteroatoms. The minimum Gasteiger partial charge on any atom is -0.466 e. The van der Waals surface area contributed by atoms with Crippen molar-refractivity contribution in [3.8, 4) is 0 Å². The monoisotopic (exact) mass is 499 g/mol. The first-order valence-corrected chi connectivity index (χ1v) is 11.2. The van der Waals surface area contributed by atoms with Gasteiger partial charge in [0, 0.05) is 28.0 Å². The molecule has 2 aromatic rings. The first-order valence-electron chi connectivity index (χ1n) is 10.4. The van der Waals surface area contributed by atoms with Gasteiger partial charge in [0.2, 0.25) is 0 Å². The summed E-state index contributed by atoms with van der Waals surface area (Å²) in [5.41, 5.74) is 2.67. The third kappa shape index (κ3) is 5.19. The third-order valence-electron chi connectivity index (χ3n) is 5.30.